The molecule has 0 radical (unpaired) electrons. The third-order valence-corrected chi connectivity index (χ3v) is 6.64. The van der Waals surface area contributed by atoms with E-state index in [9.17, 15) is 9.59 Å². The second kappa shape index (κ2) is 10.7. The van der Waals surface area contributed by atoms with Gasteiger partial charge >= 0.3 is 0 Å². The Bertz CT molecular complexity index is 886. The zero-order valence-electron chi connectivity index (χ0n) is 18.4. The number of nitrogens with zero attached hydrogens (tertiary/aromatic N) is 1. The Morgan fingerprint density at radius 1 is 0.968 bits per heavy atom. The molecule has 0 bridgehead atoms. The number of carbonyl (C=O) groups is 2. The van der Waals surface area contributed by atoms with Crippen molar-refractivity contribution in [1.29, 1.82) is 0 Å². The van der Waals surface area contributed by atoms with E-state index in [4.69, 9.17) is 4.74 Å². The minimum absolute atomic E-state index is 0.0634. The highest BCUT2D eigenvalue weighted by Crippen LogP contribution is 2.25. The van der Waals surface area contributed by atoms with Crippen LogP contribution in [0.1, 0.15) is 57.8 Å². The van der Waals surface area contributed by atoms with Crippen LogP contribution in [0.5, 0.6) is 5.75 Å². The third-order valence-electron chi connectivity index (χ3n) is 6.64. The van der Waals surface area contributed by atoms with Crippen molar-refractivity contribution < 1.29 is 14.3 Å². The van der Waals surface area contributed by atoms with Crippen LogP contribution in [0.25, 0.3) is 10.8 Å². The lowest BCUT2D eigenvalue weighted by Gasteiger charge is -2.33. The van der Waals surface area contributed by atoms with Gasteiger partial charge in [-0.15, -0.1) is 0 Å². The summed E-state index contributed by atoms with van der Waals surface area (Å²) in [7, 11) is 0. The van der Waals surface area contributed by atoms with Gasteiger partial charge in [0.1, 0.15) is 5.75 Å². The van der Waals surface area contributed by atoms with Gasteiger partial charge in [0.2, 0.25) is 11.8 Å². The summed E-state index contributed by atoms with van der Waals surface area (Å²) >= 11 is 0. The van der Waals surface area contributed by atoms with Crippen LogP contribution < -0.4 is 10.1 Å². The minimum atomic E-state index is -0.0634. The monoisotopic (exact) mass is 422 g/mol. The van der Waals surface area contributed by atoms with Gasteiger partial charge in [0.05, 0.1) is 12.5 Å². The van der Waals surface area contributed by atoms with Gasteiger partial charge in [-0.05, 0) is 43.6 Å². The van der Waals surface area contributed by atoms with Gasteiger partial charge in [-0.25, -0.2) is 0 Å². The smallest absolute Gasteiger partial charge is 0.225 e. The molecule has 5 heteroatoms. The Balaban J connectivity index is 1.21. The van der Waals surface area contributed by atoms with Crippen LogP contribution in [0.3, 0.4) is 0 Å². The lowest BCUT2D eigenvalue weighted by molar-refractivity contribution is -0.136. The predicted molar refractivity (Wildman–Crippen MR) is 123 cm³/mol. The molecule has 1 saturated carbocycles. The van der Waals surface area contributed by atoms with Crippen LogP contribution >= 0.6 is 0 Å². The SMILES string of the molecule is O=C(NC1CCCCC1)C1CCCN(C(=O)CCCOc2cccc3ccccc23)C1. The molecule has 31 heavy (non-hydrogen) atoms. The standard InChI is InChI=1S/C26H34N2O3/c29-25(16-8-18-31-24-15-6-10-20-9-4-5-14-23(20)24)28-17-7-11-21(19-28)26(30)27-22-12-2-1-3-13-22/h4-6,9-10,14-15,21-22H,1-3,7-8,11-13,16-19H2,(H,27,30). The first-order valence-corrected chi connectivity index (χ1v) is 11.9. The van der Waals surface area contributed by atoms with E-state index in [1.54, 1.807) is 0 Å². The van der Waals surface area contributed by atoms with Crippen molar-refractivity contribution >= 4 is 22.6 Å². The zero-order chi connectivity index (χ0) is 21.5. The minimum Gasteiger partial charge on any atom is -0.493 e. The number of hydrogen-bond donors (Lipinski definition) is 1. The lowest BCUT2D eigenvalue weighted by Crippen LogP contribution is -2.47. The van der Waals surface area contributed by atoms with E-state index in [0.29, 0.717) is 32.0 Å². The van der Waals surface area contributed by atoms with E-state index >= 15 is 0 Å². The molecule has 1 N–H and O–H groups in total. The number of fused-ring (bicyclic) bond motifs is 1. The van der Waals surface area contributed by atoms with Crippen LogP contribution in [0.2, 0.25) is 0 Å². The van der Waals surface area contributed by atoms with Crippen LogP contribution in [-0.2, 0) is 9.59 Å². The van der Waals surface area contributed by atoms with Crippen LogP contribution in [0.15, 0.2) is 42.5 Å². The number of likely N-dealkylation sites (tertiary alicyclic amines) is 1. The summed E-state index contributed by atoms with van der Waals surface area (Å²) in [5, 5.41) is 5.49. The summed E-state index contributed by atoms with van der Waals surface area (Å²) < 4.78 is 5.97. The van der Waals surface area contributed by atoms with Crippen molar-refractivity contribution in [2.24, 2.45) is 5.92 Å². The maximum atomic E-state index is 12.7. The van der Waals surface area contributed by atoms with Crippen molar-refractivity contribution in [3.05, 3.63) is 42.5 Å². The summed E-state index contributed by atoms with van der Waals surface area (Å²) in [6, 6.07) is 14.5. The van der Waals surface area contributed by atoms with E-state index in [1.165, 1.54) is 19.3 Å². The normalized spacial score (nSPS) is 19.9. The van der Waals surface area contributed by atoms with E-state index in [0.717, 1.165) is 48.8 Å². The molecule has 4 rings (SSSR count). The van der Waals surface area contributed by atoms with Gasteiger partial charge in [0, 0.05) is 30.9 Å². The molecule has 0 spiro atoms. The highest BCUT2D eigenvalue weighted by Gasteiger charge is 2.29. The molecule has 1 saturated heterocycles. The van der Waals surface area contributed by atoms with Crippen LogP contribution in [0.4, 0.5) is 0 Å². The Morgan fingerprint density at radius 3 is 2.65 bits per heavy atom. The van der Waals surface area contributed by atoms with Gasteiger partial charge in [-0.2, -0.15) is 0 Å². The first-order chi connectivity index (χ1) is 15.2. The first-order valence-electron chi connectivity index (χ1n) is 11.9. The van der Waals surface area contributed by atoms with E-state index in [1.807, 2.05) is 29.2 Å². The molecule has 2 aliphatic rings. The van der Waals surface area contributed by atoms with Gasteiger partial charge in [0.25, 0.3) is 0 Å². The molecule has 1 aliphatic heterocycles. The first kappa shape index (κ1) is 21.7. The number of benzene rings is 2. The van der Waals surface area contributed by atoms with Gasteiger partial charge < -0.3 is 15.0 Å². The third kappa shape index (κ3) is 5.78. The fraction of sp³-hybridized carbons (Fsp3) is 0.538. The predicted octanol–water partition coefficient (Wildman–Crippen LogP) is 4.69. The summed E-state index contributed by atoms with van der Waals surface area (Å²) in [4.78, 5) is 27.3. The Labute approximate surface area is 185 Å². The Morgan fingerprint density at radius 2 is 1.77 bits per heavy atom. The molecule has 1 unspecified atom stereocenters. The van der Waals surface area contributed by atoms with E-state index in [-0.39, 0.29) is 17.7 Å². The van der Waals surface area contributed by atoms with Crippen LogP contribution in [-0.4, -0.2) is 42.5 Å². The van der Waals surface area contributed by atoms with Crippen molar-refractivity contribution in [2.75, 3.05) is 19.7 Å². The van der Waals surface area contributed by atoms with E-state index < -0.39 is 0 Å². The molecular weight excluding hydrogens is 388 g/mol. The number of piperidine rings is 1. The van der Waals surface area contributed by atoms with Gasteiger partial charge in [-0.1, -0.05) is 55.7 Å². The number of carbonyl (C=O) groups excluding carboxylic acids is 2. The topological polar surface area (TPSA) is 58.6 Å². The highest BCUT2D eigenvalue weighted by molar-refractivity contribution is 5.88. The van der Waals surface area contributed by atoms with Crippen molar-refractivity contribution in [3.63, 3.8) is 0 Å². The molecule has 2 aromatic rings. The molecule has 1 atom stereocenters. The summed E-state index contributed by atoms with van der Waals surface area (Å²) in [6.07, 6.45) is 8.81. The number of hydrogen-bond acceptors (Lipinski definition) is 3. The molecule has 2 fully saturated rings. The zero-order valence-corrected chi connectivity index (χ0v) is 18.4. The fourth-order valence-corrected chi connectivity index (χ4v) is 4.87. The molecule has 1 aliphatic carbocycles. The molecule has 166 valence electrons. The lowest BCUT2D eigenvalue weighted by atomic mass is 9.93. The Kier molecular flexibility index (Phi) is 7.44. The van der Waals surface area contributed by atoms with Crippen molar-refractivity contribution in [3.8, 4) is 5.75 Å². The van der Waals surface area contributed by atoms with Gasteiger partial charge in [-0.3, -0.25) is 9.59 Å². The van der Waals surface area contributed by atoms with Crippen LogP contribution in [0, 0.1) is 5.92 Å². The molecule has 2 aromatic carbocycles. The number of nitrogens with one attached hydrogen (secondary N) is 1. The summed E-state index contributed by atoms with van der Waals surface area (Å²) in [6.45, 7) is 1.83. The number of ether oxygens (including phenoxy) is 1. The molecular formula is C26H34N2O3. The second-order valence-corrected chi connectivity index (χ2v) is 8.95. The van der Waals surface area contributed by atoms with Crippen molar-refractivity contribution in [1.82, 2.24) is 10.2 Å². The van der Waals surface area contributed by atoms with E-state index in [2.05, 4.69) is 23.5 Å². The molecule has 0 aromatic heterocycles. The quantitative estimate of drug-likeness (QED) is 0.659. The highest BCUT2D eigenvalue weighted by atomic mass is 16.5. The average molecular weight is 423 g/mol. The summed E-state index contributed by atoms with van der Waals surface area (Å²) in [5.74, 6) is 1.08. The number of rotatable bonds is 7. The number of amides is 2. The average Bonchev–Trinajstić information content (AvgIpc) is 2.82. The maximum Gasteiger partial charge on any atom is 0.225 e. The molecule has 1 heterocycles. The largest absolute Gasteiger partial charge is 0.493 e. The second-order valence-electron chi connectivity index (χ2n) is 8.95. The molecule has 2 amide bonds. The Hall–Kier alpha value is -2.56. The fourth-order valence-electron chi connectivity index (χ4n) is 4.87. The summed E-state index contributed by atoms with van der Waals surface area (Å²) in [5.41, 5.74) is 0. The molecule has 5 nitrogen and oxygen atoms in total. The maximum absolute atomic E-state index is 12.7. The van der Waals surface area contributed by atoms with Gasteiger partial charge in [0.15, 0.2) is 0 Å². The van der Waals surface area contributed by atoms with Crippen molar-refractivity contribution in [2.45, 2.75) is 63.8 Å².